The fourth-order valence-electron chi connectivity index (χ4n) is 5.12. The van der Waals surface area contributed by atoms with Crippen LogP contribution in [0.1, 0.15) is 42.5 Å². The highest BCUT2D eigenvalue weighted by Crippen LogP contribution is 2.44. The van der Waals surface area contributed by atoms with E-state index in [-0.39, 0.29) is 12.7 Å². The third-order valence-corrected chi connectivity index (χ3v) is 7.00. The van der Waals surface area contributed by atoms with Crippen molar-refractivity contribution in [2.45, 2.75) is 37.8 Å². The van der Waals surface area contributed by atoms with Crippen molar-refractivity contribution in [1.82, 2.24) is 14.5 Å². The van der Waals surface area contributed by atoms with Crippen LogP contribution in [0, 0.1) is 5.92 Å². The van der Waals surface area contributed by atoms with Crippen LogP contribution in [0.2, 0.25) is 0 Å². The molecule has 0 bridgehead atoms. The van der Waals surface area contributed by atoms with Crippen LogP contribution in [0.4, 0.5) is 5.82 Å². The molecular formula is C26H26N4O2. The second kappa shape index (κ2) is 7.64. The van der Waals surface area contributed by atoms with Crippen molar-refractivity contribution in [3.8, 4) is 16.9 Å². The van der Waals surface area contributed by atoms with Gasteiger partial charge in [-0.3, -0.25) is 0 Å². The first kappa shape index (κ1) is 19.3. The molecule has 1 aliphatic heterocycles. The first-order chi connectivity index (χ1) is 15.7. The number of aliphatic hydroxyl groups is 1. The quantitative estimate of drug-likeness (QED) is 0.494. The predicted octanol–water partition coefficient (Wildman–Crippen LogP) is 4.69. The van der Waals surface area contributed by atoms with E-state index >= 15 is 0 Å². The molecule has 6 rings (SSSR count). The molecule has 1 atom stereocenters. The van der Waals surface area contributed by atoms with E-state index in [1.54, 1.807) is 0 Å². The highest BCUT2D eigenvalue weighted by molar-refractivity contribution is 6.00. The van der Waals surface area contributed by atoms with Gasteiger partial charge in [0.05, 0.1) is 5.39 Å². The third-order valence-electron chi connectivity index (χ3n) is 7.00. The summed E-state index contributed by atoms with van der Waals surface area (Å²) in [6.07, 6.45) is 7.62. The molecule has 0 saturated heterocycles. The first-order valence-corrected chi connectivity index (χ1v) is 11.3. The van der Waals surface area contributed by atoms with E-state index in [2.05, 4.69) is 63.2 Å². The van der Waals surface area contributed by atoms with Crippen molar-refractivity contribution in [2.24, 2.45) is 5.92 Å². The molecule has 32 heavy (non-hydrogen) atoms. The number of benzene rings is 2. The lowest BCUT2D eigenvalue weighted by Gasteiger charge is -2.35. The van der Waals surface area contributed by atoms with E-state index < -0.39 is 0 Å². The maximum Gasteiger partial charge on any atom is 0.146 e. The van der Waals surface area contributed by atoms with Crippen LogP contribution in [0.15, 0.2) is 61.1 Å². The van der Waals surface area contributed by atoms with Crippen molar-refractivity contribution in [3.05, 3.63) is 72.2 Å². The molecule has 3 N–H and O–H groups in total. The summed E-state index contributed by atoms with van der Waals surface area (Å²) in [5.41, 5.74) is 11.7. The van der Waals surface area contributed by atoms with Crippen LogP contribution in [0.25, 0.3) is 22.2 Å². The second-order valence-corrected chi connectivity index (χ2v) is 8.96. The van der Waals surface area contributed by atoms with Gasteiger partial charge < -0.3 is 20.1 Å². The molecular weight excluding hydrogens is 400 g/mol. The molecule has 0 spiro atoms. The normalized spacial score (nSPS) is 22.2. The maximum absolute atomic E-state index is 9.44. The Morgan fingerprint density at radius 3 is 2.75 bits per heavy atom. The molecule has 2 aliphatic rings. The summed E-state index contributed by atoms with van der Waals surface area (Å²) in [7, 11) is 0. The zero-order valence-corrected chi connectivity index (χ0v) is 17.8. The number of aromatic nitrogens is 3. The minimum absolute atomic E-state index is 0.0686. The highest BCUT2D eigenvalue weighted by atomic mass is 16.5. The Morgan fingerprint density at radius 1 is 1.09 bits per heavy atom. The van der Waals surface area contributed by atoms with E-state index in [0.29, 0.717) is 17.8 Å². The fraction of sp³-hybridized carbons (Fsp3) is 0.308. The summed E-state index contributed by atoms with van der Waals surface area (Å²) < 4.78 is 8.65. The van der Waals surface area contributed by atoms with Crippen molar-refractivity contribution >= 4 is 16.9 Å². The Balaban J connectivity index is 1.40. The van der Waals surface area contributed by atoms with Gasteiger partial charge in [-0.25, -0.2) is 9.97 Å². The summed E-state index contributed by atoms with van der Waals surface area (Å²) in [4.78, 5) is 8.82. The van der Waals surface area contributed by atoms with E-state index in [9.17, 15) is 5.11 Å². The first-order valence-electron chi connectivity index (χ1n) is 11.3. The van der Waals surface area contributed by atoms with Gasteiger partial charge >= 0.3 is 0 Å². The standard InChI is InChI=1S/C26H26N4O2/c27-25-24-21(13-30(26(24)29-15-28-25)20-10-16(11-20)14-31)19-7-6-18-8-9-22(32-23(18)12-19)17-4-2-1-3-5-17/h1-7,12-13,15-16,20,22,31H,8-11,14H2,(H2,27,28,29)/t16?,20?,22-/m1/s1. The summed E-state index contributed by atoms with van der Waals surface area (Å²) in [6, 6.07) is 17.2. The van der Waals surface area contributed by atoms with Gasteiger partial charge in [-0.15, -0.1) is 0 Å². The summed E-state index contributed by atoms with van der Waals surface area (Å²) >= 11 is 0. The third kappa shape index (κ3) is 3.14. The minimum atomic E-state index is 0.0686. The maximum atomic E-state index is 9.44. The molecule has 6 heteroatoms. The number of rotatable bonds is 4. The number of nitrogens with zero attached hydrogens (tertiary/aromatic N) is 3. The van der Waals surface area contributed by atoms with Gasteiger partial charge in [0.25, 0.3) is 0 Å². The topological polar surface area (TPSA) is 86.2 Å². The van der Waals surface area contributed by atoms with Gasteiger partial charge in [0.2, 0.25) is 0 Å². The Morgan fingerprint density at radius 2 is 1.94 bits per heavy atom. The molecule has 2 aromatic heterocycles. The van der Waals surface area contributed by atoms with Gasteiger partial charge in [0.15, 0.2) is 0 Å². The van der Waals surface area contributed by atoms with Crippen molar-refractivity contribution in [3.63, 3.8) is 0 Å². The molecule has 6 nitrogen and oxygen atoms in total. The SMILES string of the molecule is Nc1ncnc2c1c(-c1ccc3c(c1)O[C@@H](c1ccccc1)CC3)cn2C1CC(CO)C1. The predicted molar refractivity (Wildman–Crippen MR) is 124 cm³/mol. The van der Waals surface area contributed by atoms with Gasteiger partial charge in [-0.1, -0.05) is 42.5 Å². The second-order valence-electron chi connectivity index (χ2n) is 8.96. The molecule has 3 heterocycles. The van der Waals surface area contributed by atoms with E-state index in [0.717, 1.165) is 53.6 Å². The lowest BCUT2D eigenvalue weighted by molar-refractivity contribution is 0.114. The number of hydrogen-bond donors (Lipinski definition) is 2. The monoisotopic (exact) mass is 426 g/mol. The molecule has 1 aliphatic carbocycles. The fourth-order valence-corrected chi connectivity index (χ4v) is 5.12. The van der Waals surface area contributed by atoms with Crippen LogP contribution >= 0.6 is 0 Å². The minimum Gasteiger partial charge on any atom is -0.485 e. The van der Waals surface area contributed by atoms with Crippen LogP contribution in [-0.4, -0.2) is 26.2 Å². The van der Waals surface area contributed by atoms with Crippen molar-refractivity contribution in [2.75, 3.05) is 12.3 Å². The Labute approximate surface area is 186 Å². The van der Waals surface area contributed by atoms with Gasteiger partial charge in [-0.05, 0) is 54.4 Å². The van der Waals surface area contributed by atoms with Gasteiger partial charge in [0.1, 0.15) is 29.6 Å². The van der Waals surface area contributed by atoms with Crippen molar-refractivity contribution in [1.29, 1.82) is 0 Å². The largest absolute Gasteiger partial charge is 0.485 e. The number of anilines is 1. The number of aliphatic hydroxyl groups excluding tert-OH is 1. The molecule has 162 valence electrons. The molecule has 0 radical (unpaired) electrons. The number of nitrogens with two attached hydrogens (primary N) is 1. The Bertz CT molecular complexity index is 1280. The van der Waals surface area contributed by atoms with E-state index in [4.69, 9.17) is 10.5 Å². The summed E-state index contributed by atoms with van der Waals surface area (Å²) in [5, 5.41) is 10.3. The lowest BCUT2D eigenvalue weighted by Crippen LogP contribution is -2.28. The van der Waals surface area contributed by atoms with Crippen molar-refractivity contribution < 1.29 is 9.84 Å². The van der Waals surface area contributed by atoms with Crippen LogP contribution < -0.4 is 10.5 Å². The lowest BCUT2D eigenvalue weighted by atomic mass is 9.81. The summed E-state index contributed by atoms with van der Waals surface area (Å²) in [5.74, 6) is 1.79. The number of aryl methyl sites for hydroxylation is 1. The Hall–Kier alpha value is -3.38. The molecule has 0 amide bonds. The zero-order valence-electron chi connectivity index (χ0n) is 17.8. The molecule has 0 unspecified atom stereocenters. The van der Waals surface area contributed by atoms with Gasteiger partial charge in [0, 0.05) is 24.4 Å². The van der Waals surface area contributed by atoms with Gasteiger partial charge in [-0.2, -0.15) is 0 Å². The van der Waals surface area contributed by atoms with Crippen LogP contribution in [0.3, 0.4) is 0 Å². The number of hydrogen-bond acceptors (Lipinski definition) is 5. The molecule has 2 aromatic carbocycles. The van der Waals surface area contributed by atoms with E-state index in [1.165, 1.54) is 17.5 Å². The van der Waals surface area contributed by atoms with Crippen LogP contribution in [-0.2, 0) is 6.42 Å². The Kier molecular flexibility index (Phi) is 4.61. The average Bonchev–Trinajstić information content (AvgIpc) is 3.19. The number of fused-ring (bicyclic) bond motifs is 2. The smallest absolute Gasteiger partial charge is 0.146 e. The van der Waals surface area contributed by atoms with E-state index in [1.807, 2.05) is 6.07 Å². The zero-order chi connectivity index (χ0) is 21.7. The molecule has 1 fully saturated rings. The molecule has 1 saturated carbocycles. The number of nitrogen functional groups attached to an aromatic ring is 1. The number of ether oxygens (including phenoxy) is 1. The summed E-state index contributed by atoms with van der Waals surface area (Å²) in [6.45, 7) is 0.240. The highest BCUT2D eigenvalue weighted by Gasteiger charge is 2.32. The molecule has 4 aromatic rings. The van der Waals surface area contributed by atoms with Crippen LogP contribution in [0.5, 0.6) is 5.75 Å². The average molecular weight is 427 g/mol.